The first-order chi connectivity index (χ1) is 3.06. The van der Waals surface area contributed by atoms with E-state index < -0.39 is 9.05 Å². The number of halogens is 1. The van der Waals surface area contributed by atoms with Crippen molar-refractivity contribution in [2.24, 2.45) is 0 Å². The Morgan fingerprint density at radius 3 is 2.00 bits per heavy atom. The molecule has 0 rings (SSSR count). The Morgan fingerprint density at radius 1 is 1.57 bits per heavy atom. The van der Waals surface area contributed by atoms with Gasteiger partial charge in [0.25, 0.3) is 0 Å². The fraction of sp³-hybridized carbons (Fsp3) is 1.00. The molecule has 0 fully saturated rings. The minimum atomic E-state index is -3.17. The standard InChI is InChI=1S/C2H6ClGeO2S/c3-7(5,6)2-1-4/h1-2,4H2. The van der Waals surface area contributed by atoms with Crippen LogP contribution in [0.5, 0.6) is 0 Å². The van der Waals surface area contributed by atoms with E-state index in [1.165, 1.54) is 0 Å². The molecule has 0 N–H and O–H groups in total. The van der Waals surface area contributed by atoms with Crippen LogP contribution in [0.3, 0.4) is 0 Å². The predicted octanol–water partition coefficient (Wildman–Crippen LogP) is -0.394. The zero-order chi connectivity index (χ0) is 5.91. The first kappa shape index (κ1) is 7.78. The van der Waals surface area contributed by atoms with E-state index in [4.69, 9.17) is 10.7 Å². The second-order valence-corrected chi connectivity index (χ2v) is 5.48. The van der Waals surface area contributed by atoms with Crippen LogP contribution >= 0.6 is 10.7 Å². The van der Waals surface area contributed by atoms with Gasteiger partial charge in [0.2, 0.25) is 0 Å². The van der Waals surface area contributed by atoms with Gasteiger partial charge in [-0.05, 0) is 0 Å². The second-order valence-electron chi connectivity index (χ2n) is 1.10. The van der Waals surface area contributed by atoms with Crippen molar-refractivity contribution in [1.29, 1.82) is 0 Å². The Kier molecular flexibility index (Phi) is 3.27. The molecule has 1 radical (unpaired) electrons. The molecule has 2 nitrogen and oxygen atoms in total. The second kappa shape index (κ2) is 2.94. The van der Waals surface area contributed by atoms with E-state index >= 15 is 0 Å². The van der Waals surface area contributed by atoms with Gasteiger partial charge in [-0.15, -0.1) is 0 Å². The van der Waals surface area contributed by atoms with Gasteiger partial charge in [0.05, 0.1) is 0 Å². The van der Waals surface area contributed by atoms with Crippen LogP contribution in [0.2, 0.25) is 5.25 Å². The van der Waals surface area contributed by atoms with Crippen molar-refractivity contribution in [3.05, 3.63) is 0 Å². The summed E-state index contributed by atoms with van der Waals surface area (Å²) in [6.07, 6.45) is 0. The molecule has 0 bridgehead atoms. The third-order valence-corrected chi connectivity index (χ3v) is 3.44. The Hall–Kier alpha value is 0.783. The van der Waals surface area contributed by atoms with Crippen molar-refractivity contribution >= 4 is 36.2 Å². The summed E-state index contributed by atoms with van der Waals surface area (Å²) < 4.78 is 20.0. The summed E-state index contributed by atoms with van der Waals surface area (Å²) in [6.45, 7) is 0. The Labute approximate surface area is 55.9 Å². The van der Waals surface area contributed by atoms with Gasteiger partial charge in [-0.2, -0.15) is 0 Å². The van der Waals surface area contributed by atoms with Gasteiger partial charge in [-0.25, -0.2) is 0 Å². The Bertz CT molecular complexity index is 129. The van der Waals surface area contributed by atoms with Crippen molar-refractivity contribution in [2.75, 3.05) is 5.75 Å². The molecular formula is C2H6ClGeO2S. The van der Waals surface area contributed by atoms with Crippen LogP contribution in [0.1, 0.15) is 0 Å². The van der Waals surface area contributed by atoms with Crippen molar-refractivity contribution in [3.8, 4) is 0 Å². The monoisotopic (exact) mass is 203 g/mol. The summed E-state index contributed by atoms with van der Waals surface area (Å²) in [5, 5.41) is 0.714. The summed E-state index contributed by atoms with van der Waals surface area (Å²) in [5.74, 6) is 0.133. The zero-order valence-corrected chi connectivity index (χ0v) is 8.26. The number of rotatable bonds is 2. The number of hydrogen-bond acceptors (Lipinski definition) is 2. The zero-order valence-electron chi connectivity index (χ0n) is 3.72. The molecule has 0 heterocycles. The van der Waals surface area contributed by atoms with Crippen LogP contribution in [-0.2, 0) is 9.05 Å². The molecule has 0 spiro atoms. The van der Waals surface area contributed by atoms with Crippen molar-refractivity contribution in [2.45, 2.75) is 5.25 Å². The average molecular weight is 202 g/mol. The van der Waals surface area contributed by atoms with Gasteiger partial charge in [0.1, 0.15) is 0 Å². The maximum atomic E-state index is 10.0. The molecule has 0 saturated carbocycles. The van der Waals surface area contributed by atoms with Crippen LogP contribution in [0.25, 0.3) is 0 Å². The first-order valence-electron chi connectivity index (χ1n) is 1.78. The molecule has 5 heteroatoms. The molecule has 7 heavy (non-hydrogen) atoms. The fourth-order valence-electron chi connectivity index (χ4n) is 0.172. The van der Waals surface area contributed by atoms with Gasteiger partial charge >= 0.3 is 55.7 Å². The van der Waals surface area contributed by atoms with Gasteiger partial charge < -0.3 is 0 Å². The van der Waals surface area contributed by atoms with Crippen LogP contribution in [0.15, 0.2) is 0 Å². The third-order valence-electron chi connectivity index (χ3n) is 0.388. The summed E-state index contributed by atoms with van der Waals surface area (Å²) in [6, 6.07) is 0. The molecule has 0 aliphatic carbocycles. The SMILES string of the molecule is O=S(=O)(Cl)C[CH2][GeH2]. The molecule has 0 atom stereocenters. The van der Waals surface area contributed by atoms with E-state index in [1.807, 2.05) is 0 Å². The van der Waals surface area contributed by atoms with Crippen LogP contribution in [-0.4, -0.2) is 30.7 Å². The minimum absolute atomic E-state index is 0.133. The quantitative estimate of drug-likeness (QED) is 0.451. The summed E-state index contributed by atoms with van der Waals surface area (Å²) in [4.78, 5) is 0. The molecule has 0 aromatic rings. The number of hydrogen-bond donors (Lipinski definition) is 0. The van der Waals surface area contributed by atoms with Crippen molar-refractivity contribution in [3.63, 3.8) is 0 Å². The summed E-state index contributed by atoms with van der Waals surface area (Å²) in [5.41, 5.74) is 0. The van der Waals surface area contributed by atoms with Gasteiger partial charge in [-0.3, -0.25) is 0 Å². The van der Waals surface area contributed by atoms with Crippen molar-refractivity contribution < 1.29 is 8.42 Å². The molecule has 0 aliphatic heterocycles. The molecule has 43 valence electrons. The predicted molar refractivity (Wildman–Crippen MR) is 33.0 cm³/mol. The van der Waals surface area contributed by atoms with Gasteiger partial charge in [-0.1, -0.05) is 0 Å². The van der Waals surface area contributed by atoms with Gasteiger partial charge in [0.15, 0.2) is 0 Å². The van der Waals surface area contributed by atoms with E-state index in [-0.39, 0.29) is 5.75 Å². The van der Waals surface area contributed by atoms with Crippen LogP contribution < -0.4 is 0 Å². The Balaban J connectivity index is 3.60. The summed E-state index contributed by atoms with van der Waals surface area (Å²) in [7, 11) is 1.65. The molecule has 0 aliphatic rings. The average Bonchev–Trinajstić information content (AvgIpc) is 1.30. The van der Waals surface area contributed by atoms with E-state index in [2.05, 4.69) is 0 Å². The molecule has 0 amide bonds. The topological polar surface area (TPSA) is 34.1 Å². The van der Waals surface area contributed by atoms with E-state index in [1.54, 1.807) is 0 Å². The normalized spacial score (nSPS) is 11.7. The molecule has 0 unspecified atom stereocenters. The van der Waals surface area contributed by atoms with Crippen LogP contribution in [0.4, 0.5) is 0 Å². The van der Waals surface area contributed by atoms with Gasteiger partial charge in [0, 0.05) is 0 Å². The van der Waals surface area contributed by atoms with E-state index in [0.29, 0.717) is 5.25 Å². The third kappa shape index (κ3) is 6.78. The first-order valence-corrected chi connectivity index (χ1v) is 6.35. The fourth-order valence-corrected chi connectivity index (χ4v) is 4.39. The van der Waals surface area contributed by atoms with E-state index in [0.717, 1.165) is 16.5 Å². The molecule has 0 aromatic heterocycles. The molecule has 0 saturated heterocycles. The molecule has 0 aromatic carbocycles. The van der Waals surface area contributed by atoms with Crippen molar-refractivity contribution in [1.82, 2.24) is 0 Å². The maximum absolute atomic E-state index is 10.0. The van der Waals surface area contributed by atoms with E-state index in [9.17, 15) is 8.42 Å². The summed E-state index contributed by atoms with van der Waals surface area (Å²) >= 11 is 0.992. The van der Waals surface area contributed by atoms with Crippen LogP contribution in [0, 0.1) is 0 Å². The Morgan fingerprint density at radius 2 is 2.00 bits per heavy atom. The molecular weight excluding hydrogens is 196 g/mol.